The lowest BCUT2D eigenvalue weighted by atomic mass is 9.77. The highest BCUT2D eigenvalue weighted by Crippen LogP contribution is 2.32. The van der Waals surface area contributed by atoms with Gasteiger partial charge >= 0.3 is 0 Å². The summed E-state index contributed by atoms with van der Waals surface area (Å²) in [7, 11) is 2.13. The lowest BCUT2D eigenvalue weighted by molar-refractivity contribution is 0.160. The molecule has 3 nitrogen and oxygen atoms in total. The van der Waals surface area contributed by atoms with E-state index in [1.54, 1.807) is 0 Å². The monoisotopic (exact) mass is 183 g/mol. The Bertz CT molecular complexity index is 181. The van der Waals surface area contributed by atoms with E-state index >= 15 is 0 Å². The molecule has 3 unspecified atom stereocenters. The Balaban J connectivity index is 1.95. The largest absolute Gasteiger partial charge is 0.239 e. The highest BCUT2D eigenvalue weighted by atomic mass is 15.7. The number of fused-ring (bicyclic) bond motifs is 1. The Hall–Kier alpha value is -0.120. The van der Waals surface area contributed by atoms with Crippen LogP contribution >= 0.6 is 0 Å². The highest BCUT2D eigenvalue weighted by molar-refractivity contribution is 4.92. The van der Waals surface area contributed by atoms with Crippen LogP contribution in [0.2, 0.25) is 0 Å². The van der Waals surface area contributed by atoms with Crippen molar-refractivity contribution in [3.8, 4) is 0 Å². The maximum atomic E-state index is 3.37. The normalized spacial score (nSPS) is 41.1. The van der Waals surface area contributed by atoms with Crippen molar-refractivity contribution in [1.82, 2.24) is 16.0 Å². The molecule has 0 radical (unpaired) electrons. The quantitative estimate of drug-likeness (QED) is 0.638. The van der Waals surface area contributed by atoms with Crippen LogP contribution < -0.4 is 11.0 Å². The molecule has 2 fully saturated rings. The minimum absolute atomic E-state index is 0.672. The topological polar surface area (TPSA) is 27.3 Å². The third-order valence-electron chi connectivity index (χ3n) is 3.72. The van der Waals surface area contributed by atoms with Crippen molar-refractivity contribution in [3.05, 3.63) is 0 Å². The van der Waals surface area contributed by atoms with Crippen LogP contribution in [0, 0.1) is 11.8 Å². The molecule has 1 saturated carbocycles. The van der Waals surface area contributed by atoms with Crippen molar-refractivity contribution in [2.24, 2.45) is 11.8 Å². The number of hydrogen-bond donors (Lipinski definition) is 2. The molecule has 0 aromatic rings. The minimum Gasteiger partial charge on any atom is -0.239 e. The molecule has 1 saturated heterocycles. The first-order valence-corrected chi connectivity index (χ1v) is 5.42. The van der Waals surface area contributed by atoms with Gasteiger partial charge in [-0.25, -0.2) is 10.4 Å². The molecule has 0 amide bonds. The lowest BCUT2D eigenvalue weighted by Crippen LogP contribution is -2.41. The van der Waals surface area contributed by atoms with Gasteiger partial charge in [-0.15, -0.1) is 0 Å². The average Bonchev–Trinajstić information content (AvgIpc) is 2.47. The molecule has 3 heteroatoms. The van der Waals surface area contributed by atoms with Gasteiger partial charge in [-0.2, -0.15) is 5.53 Å². The number of hydrogen-bond acceptors (Lipinski definition) is 3. The molecule has 2 aliphatic rings. The fraction of sp³-hybridized carbons (Fsp3) is 1.00. The SMILES string of the molecule is CC(C)C1CCC2C(C1)NNN2C. The number of nitrogens with one attached hydrogen (secondary N) is 2. The van der Waals surface area contributed by atoms with E-state index in [-0.39, 0.29) is 0 Å². The molecule has 0 aromatic heterocycles. The van der Waals surface area contributed by atoms with Crippen LogP contribution in [0.5, 0.6) is 0 Å². The first kappa shape index (κ1) is 9.44. The van der Waals surface area contributed by atoms with Crippen LogP contribution in [-0.4, -0.2) is 24.1 Å². The van der Waals surface area contributed by atoms with Gasteiger partial charge in [-0.1, -0.05) is 13.8 Å². The Labute approximate surface area is 80.8 Å². The van der Waals surface area contributed by atoms with Crippen LogP contribution in [0.15, 0.2) is 0 Å². The van der Waals surface area contributed by atoms with Crippen LogP contribution in [0.25, 0.3) is 0 Å². The van der Waals surface area contributed by atoms with Gasteiger partial charge in [0.25, 0.3) is 0 Å². The van der Waals surface area contributed by atoms with E-state index in [9.17, 15) is 0 Å². The Morgan fingerprint density at radius 3 is 2.77 bits per heavy atom. The van der Waals surface area contributed by atoms with Gasteiger partial charge < -0.3 is 0 Å². The summed E-state index contributed by atoms with van der Waals surface area (Å²) in [4.78, 5) is 0. The molecule has 0 aromatic carbocycles. The number of likely N-dealkylation sites (N-methyl/N-ethyl adjacent to an activating group) is 1. The summed E-state index contributed by atoms with van der Waals surface area (Å²) >= 11 is 0. The van der Waals surface area contributed by atoms with Gasteiger partial charge in [0.05, 0.1) is 0 Å². The molecule has 0 spiro atoms. The first-order chi connectivity index (χ1) is 6.18. The van der Waals surface area contributed by atoms with Crippen molar-refractivity contribution in [2.45, 2.75) is 45.2 Å². The molecule has 1 heterocycles. The first-order valence-electron chi connectivity index (χ1n) is 5.42. The predicted molar refractivity (Wildman–Crippen MR) is 53.8 cm³/mol. The molecule has 13 heavy (non-hydrogen) atoms. The van der Waals surface area contributed by atoms with Gasteiger partial charge in [0.1, 0.15) is 0 Å². The van der Waals surface area contributed by atoms with Crippen LogP contribution in [0.1, 0.15) is 33.1 Å². The van der Waals surface area contributed by atoms with Crippen molar-refractivity contribution >= 4 is 0 Å². The second kappa shape index (κ2) is 3.56. The third kappa shape index (κ3) is 1.73. The van der Waals surface area contributed by atoms with Gasteiger partial charge in [-0.3, -0.25) is 0 Å². The van der Waals surface area contributed by atoms with Crippen LogP contribution in [-0.2, 0) is 0 Å². The molecule has 2 N–H and O–H groups in total. The molecular formula is C10H21N3. The van der Waals surface area contributed by atoms with Crippen molar-refractivity contribution in [2.75, 3.05) is 7.05 Å². The smallest absolute Gasteiger partial charge is 0.0421 e. The fourth-order valence-electron chi connectivity index (χ4n) is 2.68. The Morgan fingerprint density at radius 1 is 1.31 bits per heavy atom. The van der Waals surface area contributed by atoms with Gasteiger partial charge in [-0.05, 0) is 31.1 Å². The van der Waals surface area contributed by atoms with Gasteiger partial charge in [0.2, 0.25) is 0 Å². The summed E-state index contributed by atoms with van der Waals surface area (Å²) in [6.07, 6.45) is 4.07. The maximum absolute atomic E-state index is 3.37. The summed E-state index contributed by atoms with van der Waals surface area (Å²) in [5.41, 5.74) is 6.57. The van der Waals surface area contributed by atoms with E-state index in [1.807, 2.05) is 0 Å². The zero-order chi connectivity index (χ0) is 9.42. The maximum Gasteiger partial charge on any atom is 0.0421 e. The van der Waals surface area contributed by atoms with Crippen LogP contribution in [0.4, 0.5) is 0 Å². The second-order valence-corrected chi connectivity index (χ2v) is 4.86. The Morgan fingerprint density at radius 2 is 2.08 bits per heavy atom. The molecule has 1 aliphatic heterocycles. The zero-order valence-corrected chi connectivity index (χ0v) is 8.88. The zero-order valence-electron chi connectivity index (χ0n) is 8.88. The number of rotatable bonds is 1. The van der Waals surface area contributed by atoms with Crippen molar-refractivity contribution < 1.29 is 0 Å². The van der Waals surface area contributed by atoms with Crippen molar-refractivity contribution in [1.29, 1.82) is 0 Å². The predicted octanol–water partition coefficient (Wildman–Crippen LogP) is 1.13. The third-order valence-corrected chi connectivity index (χ3v) is 3.72. The van der Waals surface area contributed by atoms with E-state index in [4.69, 9.17) is 0 Å². The number of hydrazine groups is 2. The molecule has 76 valence electrons. The van der Waals surface area contributed by atoms with E-state index in [1.165, 1.54) is 19.3 Å². The van der Waals surface area contributed by atoms with E-state index in [2.05, 4.69) is 36.9 Å². The molecule has 0 bridgehead atoms. The van der Waals surface area contributed by atoms with Crippen LogP contribution in [0.3, 0.4) is 0 Å². The summed E-state index contributed by atoms with van der Waals surface area (Å²) in [5, 5.41) is 2.22. The standard InChI is InChI=1S/C10H21N3/c1-7(2)8-4-5-10-9(6-8)11-12-13(10)3/h7-12H,4-6H2,1-3H3. The molecule has 2 rings (SSSR count). The second-order valence-electron chi connectivity index (χ2n) is 4.86. The molecule has 1 aliphatic carbocycles. The van der Waals surface area contributed by atoms with E-state index in [0.29, 0.717) is 6.04 Å². The number of nitrogens with zero attached hydrogens (tertiary/aromatic N) is 1. The summed E-state index contributed by atoms with van der Waals surface area (Å²) < 4.78 is 0. The minimum atomic E-state index is 0.672. The highest BCUT2D eigenvalue weighted by Gasteiger charge is 2.37. The molecular weight excluding hydrogens is 162 g/mol. The summed E-state index contributed by atoms with van der Waals surface area (Å²) in [6, 6.07) is 1.39. The fourth-order valence-corrected chi connectivity index (χ4v) is 2.68. The summed E-state index contributed by atoms with van der Waals surface area (Å²) in [5.74, 6) is 1.76. The molecule has 3 atom stereocenters. The lowest BCUT2D eigenvalue weighted by Gasteiger charge is -2.34. The van der Waals surface area contributed by atoms with Crippen molar-refractivity contribution in [3.63, 3.8) is 0 Å². The van der Waals surface area contributed by atoms with Gasteiger partial charge in [0, 0.05) is 19.1 Å². The van der Waals surface area contributed by atoms with Gasteiger partial charge in [0.15, 0.2) is 0 Å². The van der Waals surface area contributed by atoms with E-state index < -0.39 is 0 Å². The summed E-state index contributed by atoms with van der Waals surface area (Å²) in [6.45, 7) is 4.69. The Kier molecular flexibility index (Phi) is 2.58. The average molecular weight is 183 g/mol. The van der Waals surface area contributed by atoms with E-state index in [0.717, 1.165) is 17.9 Å².